The number of rotatable bonds is 3. The van der Waals surface area contributed by atoms with Gasteiger partial charge in [0.25, 0.3) is 5.91 Å². The molecule has 3 rings (SSSR count). The monoisotopic (exact) mass is 347 g/mol. The minimum absolute atomic E-state index is 0.0963. The Morgan fingerprint density at radius 3 is 2.68 bits per heavy atom. The summed E-state index contributed by atoms with van der Waals surface area (Å²) in [5.74, 6) is 0.0963. The molecule has 1 aromatic carbocycles. The van der Waals surface area contributed by atoms with Crippen molar-refractivity contribution in [2.45, 2.75) is 50.7 Å². The van der Waals surface area contributed by atoms with Crippen LogP contribution in [-0.4, -0.2) is 60.5 Å². The number of piperidine rings is 1. The standard InChI is InChI=1S/C20H29NO4/c1-15-4-5-16(2)17(12-15)18(22)21-9-6-20(7-10-21)13-19(23,14-24-3)8-11-25-20/h4-5,12,23H,6-11,13-14H2,1-3H3. The van der Waals surface area contributed by atoms with Crippen molar-refractivity contribution in [3.63, 3.8) is 0 Å². The zero-order chi connectivity index (χ0) is 18.1. The first-order valence-corrected chi connectivity index (χ1v) is 9.08. The van der Waals surface area contributed by atoms with E-state index >= 15 is 0 Å². The Labute approximate surface area is 149 Å². The van der Waals surface area contributed by atoms with Gasteiger partial charge in [-0.3, -0.25) is 4.79 Å². The highest BCUT2D eigenvalue weighted by atomic mass is 16.5. The van der Waals surface area contributed by atoms with Crippen LogP contribution in [0.5, 0.6) is 0 Å². The summed E-state index contributed by atoms with van der Waals surface area (Å²) in [6, 6.07) is 6.00. The van der Waals surface area contributed by atoms with Crippen molar-refractivity contribution >= 4 is 5.91 Å². The quantitative estimate of drug-likeness (QED) is 0.912. The minimum Gasteiger partial charge on any atom is -0.387 e. The van der Waals surface area contributed by atoms with Gasteiger partial charge in [0.2, 0.25) is 0 Å². The van der Waals surface area contributed by atoms with Gasteiger partial charge in [-0.05, 0) is 38.3 Å². The van der Waals surface area contributed by atoms with E-state index in [4.69, 9.17) is 9.47 Å². The Kier molecular flexibility index (Phi) is 5.19. The zero-order valence-corrected chi connectivity index (χ0v) is 15.5. The molecule has 138 valence electrons. The Bertz CT molecular complexity index is 633. The summed E-state index contributed by atoms with van der Waals surface area (Å²) in [5, 5.41) is 10.7. The summed E-state index contributed by atoms with van der Waals surface area (Å²) in [6.07, 6.45) is 2.71. The largest absolute Gasteiger partial charge is 0.387 e. The number of carbonyl (C=O) groups excluding carboxylic acids is 1. The van der Waals surface area contributed by atoms with Gasteiger partial charge in [0.15, 0.2) is 0 Å². The molecule has 2 fully saturated rings. The Morgan fingerprint density at radius 2 is 2.00 bits per heavy atom. The van der Waals surface area contributed by atoms with Gasteiger partial charge in [0.1, 0.15) is 0 Å². The van der Waals surface area contributed by atoms with Crippen LogP contribution in [-0.2, 0) is 9.47 Å². The van der Waals surface area contributed by atoms with E-state index in [1.54, 1.807) is 7.11 Å². The molecule has 0 aliphatic carbocycles. The van der Waals surface area contributed by atoms with Crippen LogP contribution in [0.25, 0.3) is 0 Å². The van der Waals surface area contributed by atoms with Crippen LogP contribution < -0.4 is 0 Å². The average Bonchev–Trinajstić information content (AvgIpc) is 2.57. The van der Waals surface area contributed by atoms with E-state index < -0.39 is 5.60 Å². The first-order valence-electron chi connectivity index (χ1n) is 9.08. The Morgan fingerprint density at radius 1 is 1.28 bits per heavy atom. The molecule has 25 heavy (non-hydrogen) atoms. The third-order valence-electron chi connectivity index (χ3n) is 5.63. The lowest BCUT2D eigenvalue weighted by atomic mass is 9.77. The number of hydrogen-bond donors (Lipinski definition) is 1. The third kappa shape index (κ3) is 3.89. The summed E-state index contributed by atoms with van der Waals surface area (Å²) in [7, 11) is 1.62. The van der Waals surface area contributed by atoms with Gasteiger partial charge in [-0.25, -0.2) is 0 Å². The van der Waals surface area contributed by atoms with Gasteiger partial charge >= 0.3 is 0 Å². The fourth-order valence-electron chi connectivity index (χ4n) is 4.16. The lowest BCUT2D eigenvalue weighted by Crippen LogP contribution is -2.56. The molecule has 1 unspecified atom stereocenters. The Hall–Kier alpha value is -1.43. The number of aliphatic hydroxyl groups is 1. The van der Waals surface area contributed by atoms with Crippen LogP contribution >= 0.6 is 0 Å². The molecule has 2 aliphatic heterocycles. The van der Waals surface area contributed by atoms with Crippen LogP contribution in [0.1, 0.15) is 47.2 Å². The lowest BCUT2D eigenvalue weighted by Gasteiger charge is -2.49. The molecular formula is C20H29NO4. The molecule has 0 bridgehead atoms. The maximum atomic E-state index is 12.9. The van der Waals surface area contributed by atoms with E-state index in [-0.39, 0.29) is 11.5 Å². The van der Waals surface area contributed by atoms with E-state index in [1.165, 1.54) is 0 Å². The molecule has 1 amide bonds. The number of aryl methyl sites for hydroxylation is 2. The Balaban J connectivity index is 1.67. The SMILES string of the molecule is COCC1(O)CCOC2(CCN(C(=O)c3cc(C)ccc3C)CC2)C1. The van der Waals surface area contributed by atoms with Gasteiger partial charge in [-0.1, -0.05) is 17.7 Å². The number of likely N-dealkylation sites (tertiary alicyclic amines) is 1. The van der Waals surface area contributed by atoms with Crippen LogP contribution in [0.2, 0.25) is 0 Å². The molecule has 1 N–H and O–H groups in total. The highest BCUT2D eigenvalue weighted by Crippen LogP contribution is 2.40. The smallest absolute Gasteiger partial charge is 0.254 e. The number of nitrogens with zero attached hydrogens (tertiary/aromatic N) is 1. The van der Waals surface area contributed by atoms with E-state index in [2.05, 4.69) is 0 Å². The minimum atomic E-state index is -0.813. The van der Waals surface area contributed by atoms with Gasteiger partial charge in [0, 0.05) is 38.6 Å². The summed E-state index contributed by atoms with van der Waals surface area (Å²) in [6.45, 7) is 6.19. The molecule has 1 aromatic rings. The molecule has 0 saturated carbocycles. The van der Waals surface area contributed by atoms with Crippen LogP contribution in [0.3, 0.4) is 0 Å². The molecule has 1 atom stereocenters. The van der Waals surface area contributed by atoms with E-state index in [0.29, 0.717) is 39.1 Å². The number of carbonyl (C=O) groups is 1. The topological polar surface area (TPSA) is 59.0 Å². The molecule has 2 saturated heterocycles. The number of ether oxygens (including phenoxy) is 2. The van der Waals surface area contributed by atoms with Crippen molar-refractivity contribution in [2.75, 3.05) is 33.4 Å². The first kappa shape index (κ1) is 18.4. The van der Waals surface area contributed by atoms with Crippen LogP contribution in [0.4, 0.5) is 0 Å². The number of benzene rings is 1. The number of amides is 1. The molecule has 5 nitrogen and oxygen atoms in total. The molecule has 1 spiro atoms. The summed E-state index contributed by atoms with van der Waals surface area (Å²) < 4.78 is 11.3. The summed E-state index contributed by atoms with van der Waals surface area (Å²) in [4.78, 5) is 14.8. The van der Waals surface area contributed by atoms with Crippen molar-refractivity contribution in [3.05, 3.63) is 34.9 Å². The van der Waals surface area contributed by atoms with Gasteiger partial charge in [-0.2, -0.15) is 0 Å². The predicted molar refractivity (Wildman–Crippen MR) is 95.8 cm³/mol. The molecule has 0 radical (unpaired) electrons. The van der Waals surface area contributed by atoms with Crippen molar-refractivity contribution < 1.29 is 19.4 Å². The predicted octanol–water partition coefficient (Wildman–Crippen LogP) is 2.47. The average molecular weight is 347 g/mol. The van der Waals surface area contributed by atoms with E-state index in [9.17, 15) is 9.90 Å². The van der Waals surface area contributed by atoms with Gasteiger partial charge in [0.05, 0.1) is 24.4 Å². The fourth-order valence-corrected chi connectivity index (χ4v) is 4.16. The fraction of sp³-hybridized carbons (Fsp3) is 0.650. The van der Waals surface area contributed by atoms with Crippen LogP contribution in [0, 0.1) is 13.8 Å². The zero-order valence-electron chi connectivity index (χ0n) is 15.5. The highest BCUT2D eigenvalue weighted by molar-refractivity contribution is 5.95. The van der Waals surface area contributed by atoms with Crippen molar-refractivity contribution in [3.8, 4) is 0 Å². The second-order valence-corrected chi connectivity index (χ2v) is 7.73. The summed E-state index contributed by atoms with van der Waals surface area (Å²) in [5.41, 5.74) is 1.76. The third-order valence-corrected chi connectivity index (χ3v) is 5.63. The van der Waals surface area contributed by atoms with E-state index in [0.717, 1.165) is 29.5 Å². The first-order chi connectivity index (χ1) is 11.9. The lowest BCUT2D eigenvalue weighted by molar-refractivity contribution is -0.189. The van der Waals surface area contributed by atoms with Gasteiger partial charge in [-0.15, -0.1) is 0 Å². The maximum Gasteiger partial charge on any atom is 0.254 e. The van der Waals surface area contributed by atoms with Crippen LogP contribution in [0.15, 0.2) is 18.2 Å². The molecule has 2 heterocycles. The highest BCUT2D eigenvalue weighted by Gasteiger charge is 2.47. The normalized spacial score (nSPS) is 26.0. The van der Waals surface area contributed by atoms with Gasteiger partial charge < -0.3 is 19.5 Å². The van der Waals surface area contributed by atoms with Crippen molar-refractivity contribution in [1.82, 2.24) is 4.90 Å². The number of methoxy groups -OCH3 is 1. The molecule has 2 aliphatic rings. The second kappa shape index (κ2) is 7.06. The molecular weight excluding hydrogens is 318 g/mol. The second-order valence-electron chi connectivity index (χ2n) is 7.73. The van der Waals surface area contributed by atoms with Crippen molar-refractivity contribution in [1.29, 1.82) is 0 Å². The molecule has 0 aromatic heterocycles. The number of hydrogen-bond acceptors (Lipinski definition) is 4. The van der Waals surface area contributed by atoms with Crippen molar-refractivity contribution in [2.24, 2.45) is 0 Å². The van der Waals surface area contributed by atoms with E-state index in [1.807, 2.05) is 36.9 Å². The molecule has 5 heteroatoms. The summed E-state index contributed by atoms with van der Waals surface area (Å²) >= 11 is 0. The maximum absolute atomic E-state index is 12.9.